The molecule has 2 aliphatic heterocycles. The molecule has 2 atom stereocenters. The van der Waals surface area contributed by atoms with Crippen LogP contribution < -0.4 is 0 Å². The van der Waals surface area contributed by atoms with Gasteiger partial charge in [-0.3, -0.25) is 4.79 Å². The zero-order chi connectivity index (χ0) is 11.9. The molecule has 2 heterocycles. The Bertz CT molecular complexity index is 302. The molecular formula is C11H18N2O3. The molecule has 16 heavy (non-hydrogen) atoms. The zero-order valence-corrected chi connectivity index (χ0v) is 9.72. The van der Waals surface area contributed by atoms with Crippen molar-refractivity contribution in [3.8, 4) is 0 Å². The Morgan fingerprint density at radius 3 is 1.88 bits per heavy atom. The largest absolute Gasteiger partial charge is 0.465 e. The summed E-state index contributed by atoms with van der Waals surface area (Å²) in [5, 5.41) is 8.88. The molecule has 0 radical (unpaired) electrons. The lowest BCUT2D eigenvalue weighted by Crippen LogP contribution is -2.36. The number of hydrogen-bond acceptors (Lipinski definition) is 2. The van der Waals surface area contributed by atoms with Gasteiger partial charge in [0.05, 0.1) is 0 Å². The SMILES string of the molecule is CC(C)C(=O)N1CC2CN(C(=O)O)CC2C1. The highest BCUT2D eigenvalue weighted by atomic mass is 16.4. The molecule has 5 heteroatoms. The molecule has 0 aromatic carbocycles. The number of rotatable bonds is 1. The lowest BCUT2D eigenvalue weighted by molar-refractivity contribution is -0.133. The zero-order valence-electron chi connectivity index (χ0n) is 9.72. The van der Waals surface area contributed by atoms with E-state index in [4.69, 9.17) is 5.11 Å². The molecule has 90 valence electrons. The fourth-order valence-corrected chi connectivity index (χ4v) is 2.69. The third-order valence-corrected chi connectivity index (χ3v) is 3.56. The van der Waals surface area contributed by atoms with Gasteiger partial charge in [0, 0.05) is 43.9 Å². The quantitative estimate of drug-likeness (QED) is 0.716. The number of amides is 2. The van der Waals surface area contributed by atoms with Crippen molar-refractivity contribution in [2.45, 2.75) is 13.8 Å². The van der Waals surface area contributed by atoms with Gasteiger partial charge in [-0.15, -0.1) is 0 Å². The predicted molar refractivity (Wildman–Crippen MR) is 58.0 cm³/mol. The highest BCUT2D eigenvalue weighted by Gasteiger charge is 2.43. The molecule has 0 aliphatic carbocycles. The maximum absolute atomic E-state index is 11.8. The highest BCUT2D eigenvalue weighted by molar-refractivity contribution is 5.78. The van der Waals surface area contributed by atoms with E-state index in [-0.39, 0.29) is 11.8 Å². The van der Waals surface area contributed by atoms with Crippen molar-refractivity contribution in [2.24, 2.45) is 17.8 Å². The second-order valence-corrected chi connectivity index (χ2v) is 5.11. The van der Waals surface area contributed by atoms with Crippen LogP contribution in [-0.4, -0.2) is 53.1 Å². The number of carbonyl (C=O) groups is 2. The van der Waals surface area contributed by atoms with E-state index in [1.807, 2.05) is 18.7 Å². The molecule has 0 spiro atoms. The van der Waals surface area contributed by atoms with Crippen LogP contribution in [0.4, 0.5) is 4.79 Å². The van der Waals surface area contributed by atoms with Crippen LogP contribution in [0.1, 0.15) is 13.8 Å². The van der Waals surface area contributed by atoms with E-state index in [0.717, 1.165) is 13.1 Å². The van der Waals surface area contributed by atoms with Crippen LogP contribution in [0.25, 0.3) is 0 Å². The fraction of sp³-hybridized carbons (Fsp3) is 0.818. The van der Waals surface area contributed by atoms with Gasteiger partial charge in [-0.1, -0.05) is 13.8 Å². The number of likely N-dealkylation sites (tertiary alicyclic amines) is 2. The van der Waals surface area contributed by atoms with Crippen molar-refractivity contribution in [3.63, 3.8) is 0 Å². The second kappa shape index (κ2) is 3.96. The first-order valence-corrected chi connectivity index (χ1v) is 5.75. The van der Waals surface area contributed by atoms with Crippen LogP contribution in [0.2, 0.25) is 0 Å². The molecule has 0 saturated carbocycles. The second-order valence-electron chi connectivity index (χ2n) is 5.11. The standard InChI is InChI=1S/C11H18N2O3/c1-7(2)10(14)12-3-8-5-13(11(15)16)6-9(8)4-12/h7-9H,3-6H2,1-2H3,(H,15,16). The van der Waals surface area contributed by atoms with Crippen molar-refractivity contribution in [3.05, 3.63) is 0 Å². The number of carbonyl (C=O) groups excluding carboxylic acids is 1. The third-order valence-electron chi connectivity index (χ3n) is 3.56. The average Bonchev–Trinajstić information content (AvgIpc) is 2.72. The Morgan fingerprint density at radius 2 is 1.50 bits per heavy atom. The van der Waals surface area contributed by atoms with Crippen molar-refractivity contribution in [1.29, 1.82) is 0 Å². The van der Waals surface area contributed by atoms with Gasteiger partial charge in [-0.05, 0) is 0 Å². The van der Waals surface area contributed by atoms with Crippen molar-refractivity contribution in [2.75, 3.05) is 26.2 Å². The number of hydrogen-bond donors (Lipinski definition) is 1. The summed E-state index contributed by atoms with van der Waals surface area (Å²) in [5.41, 5.74) is 0. The summed E-state index contributed by atoms with van der Waals surface area (Å²) in [5.74, 6) is 0.920. The fourth-order valence-electron chi connectivity index (χ4n) is 2.69. The number of nitrogens with zero attached hydrogens (tertiary/aromatic N) is 2. The summed E-state index contributed by atoms with van der Waals surface area (Å²) < 4.78 is 0. The molecule has 5 nitrogen and oxygen atoms in total. The summed E-state index contributed by atoms with van der Waals surface area (Å²) in [4.78, 5) is 25.9. The van der Waals surface area contributed by atoms with Gasteiger partial charge in [0.2, 0.25) is 5.91 Å². The first kappa shape index (κ1) is 11.2. The molecule has 2 rings (SSSR count). The first-order valence-electron chi connectivity index (χ1n) is 5.75. The van der Waals surface area contributed by atoms with Crippen LogP contribution in [0, 0.1) is 17.8 Å². The van der Waals surface area contributed by atoms with E-state index in [2.05, 4.69) is 0 Å². The Morgan fingerprint density at radius 1 is 1.06 bits per heavy atom. The van der Waals surface area contributed by atoms with Gasteiger partial charge in [0.15, 0.2) is 0 Å². The number of fused-ring (bicyclic) bond motifs is 1. The Labute approximate surface area is 95.0 Å². The van der Waals surface area contributed by atoms with E-state index < -0.39 is 6.09 Å². The maximum atomic E-state index is 11.8. The monoisotopic (exact) mass is 226 g/mol. The van der Waals surface area contributed by atoms with Crippen LogP contribution in [0.15, 0.2) is 0 Å². The minimum atomic E-state index is -0.837. The Balaban J connectivity index is 1.93. The summed E-state index contributed by atoms with van der Waals surface area (Å²) in [6.07, 6.45) is -0.837. The molecule has 2 aliphatic rings. The van der Waals surface area contributed by atoms with E-state index in [9.17, 15) is 9.59 Å². The van der Waals surface area contributed by atoms with Gasteiger partial charge < -0.3 is 14.9 Å². The smallest absolute Gasteiger partial charge is 0.407 e. The Kier molecular flexibility index (Phi) is 2.78. The van der Waals surface area contributed by atoms with E-state index >= 15 is 0 Å². The normalized spacial score (nSPS) is 28.7. The summed E-state index contributed by atoms with van der Waals surface area (Å²) in [6, 6.07) is 0. The Hall–Kier alpha value is -1.26. The highest BCUT2D eigenvalue weighted by Crippen LogP contribution is 2.31. The summed E-state index contributed by atoms with van der Waals surface area (Å²) in [7, 11) is 0. The topological polar surface area (TPSA) is 60.9 Å². The predicted octanol–water partition coefficient (Wildman–Crippen LogP) is 0.711. The maximum Gasteiger partial charge on any atom is 0.407 e. The van der Waals surface area contributed by atoms with E-state index in [1.165, 1.54) is 4.90 Å². The lowest BCUT2D eigenvalue weighted by Gasteiger charge is -2.21. The summed E-state index contributed by atoms with van der Waals surface area (Å²) in [6.45, 7) is 6.43. The van der Waals surface area contributed by atoms with Crippen LogP contribution >= 0.6 is 0 Å². The molecule has 1 N–H and O–H groups in total. The molecular weight excluding hydrogens is 208 g/mol. The third kappa shape index (κ3) is 1.86. The molecule has 0 aromatic heterocycles. The van der Waals surface area contributed by atoms with E-state index in [0.29, 0.717) is 24.9 Å². The molecule has 2 fully saturated rings. The minimum Gasteiger partial charge on any atom is -0.465 e. The molecule has 2 unspecified atom stereocenters. The van der Waals surface area contributed by atoms with E-state index in [1.54, 1.807) is 0 Å². The summed E-state index contributed by atoms with van der Waals surface area (Å²) >= 11 is 0. The van der Waals surface area contributed by atoms with Crippen LogP contribution in [0.5, 0.6) is 0 Å². The van der Waals surface area contributed by atoms with Crippen LogP contribution in [0.3, 0.4) is 0 Å². The molecule has 2 saturated heterocycles. The number of carboxylic acid groups (broad SMARTS) is 1. The van der Waals surface area contributed by atoms with Gasteiger partial charge in [-0.25, -0.2) is 4.79 Å². The van der Waals surface area contributed by atoms with Gasteiger partial charge >= 0.3 is 6.09 Å². The average molecular weight is 226 g/mol. The lowest BCUT2D eigenvalue weighted by atomic mass is 10.0. The van der Waals surface area contributed by atoms with Crippen molar-refractivity contribution < 1.29 is 14.7 Å². The van der Waals surface area contributed by atoms with Gasteiger partial charge in [0.1, 0.15) is 0 Å². The molecule has 0 bridgehead atoms. The van der Waals surface area contributed by atoms with Gasteiger partial charge in [0.25, 0.3) is 0 Å². The van der Waals surface area contributed by atoms with Crippen LogP contribution in [-0.2, 0) is 4.79 Å². The van der Waals surface area contributed by atoms with Crippen molar-refractivity contribution >= 4 is 12.0 Å². The minimum absolute atomic E-state index is 0.0365. The first-order chi connectivity index (χ1) is 7.49. The van der Waals surface area contributed by atoms with Gasteiger partial charge in [-0.2, -0.15) is 0 Å². The molecule has 0 aromatic rings. The van der Waals surface area contributed by atoms with Crippen molar-refractivity contribution in [1.82, 2.24) is 9.80 Å². The molecule has 2 amide bonds.